The number of hydrogen-bond acceptors (Lipinski definition) is 1. The Hall–Kier alpha value is -0.730. The van der Waals surface area contributed by atoms with Crippen LogP contribution in [0, 0.1) is 5.92 Å². The van der Waals surface area contributed by atoms with Gasteiger partial charge in [0.15, 0.2) is 0 Å². The maximum absolute atomic E-state index is 12.0. The van der Waals surface area contributed by atoms with Crippen molar-refractivity contribution < 1.29 is 4.79 Å². The molecule has 0 radical (unpaired) electrons. The molecule has 1 saturated carbocycles. The first-order valence-corrected chi connectivity index (χ1v) is 7.89. The third kappa shape index (κ3) is 4.51. The highest BCUT2D eigenvalue weighted by molar-refractivity contribution is 5.74. The number of carbonyl (C=O) groups excluding carboxylic acids is 1. The van der Waals surface area contributed by atoms with Gasteiger partial charge in [0.05, 0.1) is 0 Å². The molecule has 0 aromatic rings. The highest BCUT2D eigenvalue weighted by atomic mass is 16.2. The van der Waals surface area contributed by atoms with Crippen LogP contribution in [0.3, 0.4) is 0 Å². The molecule has 0 atom stereocenters. The van der Waals surface area contributed by atoms with E-state index in [0.717, 1.165) is 32.0 Å². The molecule has 0 unspecified atom stereocenters. The maximum atomic E-state index is 12.0. The van der Waals surface area contributed by atoms with Crippen LogP contribution in [-0.4, -0.2) is 30.6 Å². The lowest BCUT2D eigenvalue weighted by Crippen LogP contribution is -2.40. The average Bonchev–Trinajstić information content (AvgIpc) is 2.74. The molecule has 0 spiro atoms. The van der Waals surface area contributed by atoms with Gasteiger partial charge in [0, 0.05) is 19.6 Å². The Labute approximate surface area is 111 Å². The van der Waals surface area contributed by atoms with E-state index in [1.165, 1.54) is 57.8 Å². The molecule has 3 heteroatoms. The SMILES string of the molecule is O=C(NCCCC1CCCC1)N1CCCCCC1. The zero-order valence-corrected chi connectivity index (χ0v) is 11.6. The van der Waals surface area contributed by atoms with Gasteiger partial charge in [0.25, 0.3) is 0 Å². The van der Waals surface area contributed by atoms with E-state index in [1.54, 1.807) is 0 Å². The molecule has 1 saturated heterocycles. The number of urea groups is 1. The summed E-state index contributed by atoms with van der Waals surface area (Å²) in [6, 6.07) is 0.170. The fourth-order valence-corrected chi connectivity index (χ4v) is 3.27. The first-order valence-electron chi connectivity index (χ1n) is 7.89. The van der Waals surface area contributed by atoms with E-state index >= 15 is 0 Å². The minimum Gasteiger partial charge on any atom is -0.338 e. The van der Waals surface area contributed by atoms with E-state index in [4.69, 9.17) is 0 Å². The van der Waals surface area contributed by atoms with E-state index in [1.807, 2.05) is 4.90 Å². The molecule has 1 aliphatic carbocycles. The minimum absolute atomic E-state index is 0.170. The summed E-state index contributed by atoms with van der Waals surface area (Å²) in [6.07, 6.45) is 13.1. The number of nitrogens with zero attached hydrogens (tertiary/aromatic N) is 1. The minimum atomic E-state index is 0.170. The Balaban J connectivity index is 1.55. The van der Waals surface area contributed by atoms with Crippen LogP contribution >= 0.6 is 0 Å². The quantitative estimate of drug-likeness (QED) is 0.763. The second-order valence-electron chi connectivity index (χ2n) is 5.93. The van der Waals surface area contributed by atoms with Crippen molar-refractivity contribution in [2.75, 3.05) is 19.6 Å². The van der Waals surface area contributed by atoms with Crippen molar-refractivity contribution in [2.45, 2.75) is 64.2 Å². The smallest absolute Gasteiger partial charge is 0.317 e. The molecule has 2 aliphatic rings. The van der Waals surface area contributed by atoms with Crippen LogP contribution in [0.15, 0.2) is 0 Å². The van der Waals surface area contributed by atoms with E-state index in [2.05, 4.69) is 5.32 Å². The van der Waals surface area contributed by atoms with Crippen molar-refractivity contribution in [2.24, 2.45) is 5.92 Å². The number of amides is 2. The summed E-state index contributed by atoms with van der Waals surface area (Å²) in [5.74, 6) is 0.945. The zero-order valence-electron chi connectivity index (χ0n) is 11.6. The van der Waals surface area contributed by atoms with Gasteiger partial charge in [0.2, 0.25) is 0 Å². The van der Waals surface area contributed by atoms with Gasteiger partial charge in [-0.25, -0.2) is 4.79 Å². The lowest BCUT2D eigenvalue weighted by molar-refractivity contribution is 0.199. The summed E-state index contributed by atoms with van der Waals surface area (Å²) < 4.78 is 0. The highest BCUT2D eigenvalue weighted by Gasteiger charge is 2.16. The molecule has 0 aromatic carbocycles. The maximum Gasteiger partial charge on any atom is 0.317 e. The normalized spacial score (nSPS) is 21.9. The van der Waals surface area contributed by atoms with Gasteiger partial charge in [-0.1, -0.05) is 38.5 Å². The molecular formula is C15H28N2O. The Morgan fingerprint density at radius 3 is 2.33 bits per heavy atom. The first kappa shape index (κ1) is 13.7. The molecule has 2 amide bonds. The summed E-state index contributed by atoms with van der Waals surface area (Å²) in [4.78, 5) is 14.0. The predicted octanol–water partition coefficient (Wildman–Crippen LogP) is 3.54. The topological polar surface area (TPSA) is 32.3 Å². The Kier molecular flexibility index (Phi) is 5.82. The highest BCUT2D eigenvalue weighted by Crippen LogP contribution is 2.28. The summed E-state index contributed by atoms with van der Waals surface area (Å²) in [6.45, 7) is 2.77. The van der Waals surface area contributed by atoms with Crippen molar-refractivity contribution in [3.63, 3.8) is 0 Å². The Morgan fingerprint density at radius 2 is 1.67 bits per heavy atom. The fraction of sp³-hybridized carbons (Fsp3) is 0.933. The molecule has 3 nitrogen and oxygen atoms in total. The van der Waals surface area contributed by atoms with E-state index < -0.39 is 0 Å². The van der Waals surface area contributed by atoms with Gasteiger partial charge in [-0.05, 0) is 31.6 Å². The summed E-state index contributed by atoms with van der Waals surface area (Å²) in [7, 11) is 0. The van der Waals surface area contributed by atoms with Crippen LogP contribution in [0.1, 0.15) is 64.2 Å². The number of likely N-dealkylation sites (tertiary alicyclic amines) is 1. The molecule has 2 rings (SSSR count). The van der Waals surface area contributed by atoms with Gasteiger partial charge >= 0.3 is 6.03 Å². The standard InChI is InChI=1S/C15H28N2O/c18-15(17-12-5-1-2-6-13-17)16-11-7-10-14-8-3-4-9-14/h14H,1-13H2,(H,16,18). The van der Waals surface area contributed by atoms with Gasteiger partial charge in [-0.15, -0.1) is 0 Å². The van der Waals surface area contributed by atoms with E-state index in [9.17, 15) is 4.79 Å². The molecule has 2 fully saturated rings. The fourth-order valence-electron chi connectivity index (χ4n) is 3.27. The zero-order chi connectivity index (χ0) is 12.6. The predicted molar refractivity (Wildman–Crippen MR) is 74.6 cm³/mol. The van der Waals surface area contributed by atoms with Gasteiger partial charge in [-0.3, -0.25) is 0 Å². The molecule has 1 N–H and O–H groups in total. The summed E-state index contributed by atoms with van der Waals surface area (Å²) >= 11 is 0. The summed E-state index contributed by atoms with van der Waals surface area (Å²) in [5, 5.41) is 3.09. The molecule has 104 valence electrons. The second-order valence-corrected chi connectivity index (χ2v) is 5.93. The van der Waals surface area contributed by atoms with Gasteiger partial charge in [-0.2, -0.15) is 0 Å². The van der Waals surface area contributed by atoms with Crippen molar-refractivity contribution >= 4 is 6.03 Å². The number of nitrogens with one attached hydrogen (secondary N) is 1. The van der Waals surface area contributed by atoms with Crippen LogP contribution in [0.4, 0.5) is 4.79 Å². The van der Waals surface area contributed by atoms with Crippen LogP contribution in [0.25, 0.3) is 0 Å². The van der Waals surface area contributed by atoms with Crippen LogP contribution in [0.5, 0.6) is 0 Å². The molecule has 1 aliphatic heterocycles. The molecule has 1 heterocycles. The lowest BCUT2D eigenvalue weighted by Gasteiger charge is -2.21. The lowest BCUT2D eigenvalue weighted by atomic mass is 10.0. The monoisotopic (exact) mass is 252 g/mol. The Bertz CT molecular complexity index is 241. The molecule has 18 heavy (non-hydrogen) atoms. The van der Waals surface area contributed by atoms with Gasteiger partial charge < -0.3 is 10.2 Å². The van der Waals surface area contributed by atoms with Crippen LogP contribution in [0.2, 0.25) is 0 Å². The number of hydrogen-bond donors (Lipinski definition) is 1. The van der Waals surface area contributed by atoms with Crippen LogP contribution in [-0.2, 0) is 0 Å². The number of carbonyl (C=O) groups is 1. The van der Waals surface area contributed by atoms with Crippen molar-refractivity contribution in [1.29, 1.82) is 0 Å². The molecule has 0 aromatic heterocycles. The largest absolute Gasteiger partial charge is 0.338 e. The Morgan fingerprint density at radius 1 is 1.00 bits per heavy atom. The van der Waals surface area contributed by atoms with E-state index in [0.29, 0.717) is 0 Å². The van der Waals surface area contributed by atoms with Crippen LogP contribution < -0.4 is 5.32 Å². The molecule has 0 bridgehead atoms. The second kappa shape index (κ2) is 7.65. The average molecular weight is 252 g/mol. The molecular weight excluding hydrogens is 224 g/mol. The third-order valence-corrected chi connectivity index (χ3v) is 4.43. The van der Waals surface area contributed by atoms with Crippen molar-refractivity contribution in [3.05, 3.63) is 0 Å². The van der Waals surface area contributed by atoms with Crippen molar-refractivity contribution in [1.82, 2.24) is 10.2 Å². The number of rotatable bonds is 4. The van der Waals surface area contributed by atoms with Gasteiger partial charge in [0.1, 0.15) is 0 Å². The summed E-state index contributed by atoms with van der Waals surface area (Å²) in [5.41, 5.74) is 0. The van der Waals surface area contributed by atoms with Crippen molar-refractivity contribution in [3.8, 4) is 0 Å². The van der Waals surface area contributed by atoms with E-state index in [-0.39, 0.29) is 6.03 Å². The first-order chi connectivity index (χ1) is 8.86. The third-order valence-electron chi connectivity index (χ3n) is 4.43.